The first-order chi connectivity index (χ1) is 16.2. The summed E-state index contributed by atoms with van der Waals surface area (Å²) in [6.07, 6.45) is 13.6. The van der Waals surface area contributed by atoms with Crippen molar-refractivity contribution >= 4 is 5.97 Å². The smallest absolute Gasteiger partial charge is 0.343 e. The molecule has 0 bridgehead atoms. The summed E-state index contributed by atoms with van der Waals surface area (Å²) < 4.78 is 16.8. The molecule has 3 rings (SSSR count). The number of hydrogen-bond acceptors (Lipinski definition) is 4. The number of rotatable bonds is 13. The van der Waals surface area contributed by atoms with Crippen molar-refractivity contribution in [1.82, 2.24) is 0 Å². The Bertz CT molecular complexity index is 805. The largest absolute Gasteiger partial charge is 0.494 e. The van der Waals surface area contributed by atoms with Gasteiger partial charge >= 0.3 is 5.97 Å². The van der Waals surface area contributed by atoms with Gasteiger partial charge in [-0.1, -0.05) is 58.3 Å². The Labute approximate surface area is 199 Å². The lowest BCUT2D eigenvalue weighted by atomic mass is 9.78. The number of benzene rings is 2. The van der Waals surface area contributed by atoms with E-state index in [2.05, 4.69) is 6.92 Å². The van der Waals surface area contributed by atoms with Gasteiger partial charge in [-0.05, 0) is 80.1 Å². The van der Waals surface area contributed by atoms with Gasteiger partial charge in [0.25, 0.3) is 0 Å². The molecule has 0 atom stereocenters. The predicted octanol–water partition coefficient (Wildman–Crippen LogP) is 7.85. The third-order valence-electron chi connectivity index (χ3n) is 6.64. The van der Waals surface area contributed by atoms with Gasteiger partial charge < -0.3 is 14.2 Å². The van der Waals surface area contributed by atoms with Crippen LogP contribution in [-0.4, -0.2) is 19.2 Å². The van der Waals surface area contributed by atoms with Crippen LogP contribution in [0.5, 0.6) is 17.2 Å². The minimum Gasteiger partial charge on any atom is -0.494 e. The quantitative estimate of drug-likeness (QED) is 0.176. The zero-order valence-corrected chi connectivity index (χ0v) is 20.4. The van der Waals surface area contributed by atoms with Gasteiger partial charge in [0.2, 0.25) is 0 Å². The first-order valence-corrected chi connectivity index (χ1v) is 12.9. The summed E-state index contributed by atoms with van der Waals surface area (Å²) in [6, 6.07) is 14.3. The lowest BCUT2D eigenvalue weighted by Crippen LogP contribution is -2.15. The number of ether oxygens (including phenoxy) is 3. The van der Waals surface area contributed by atoms with Crippen molar-refractivity contribution in [2.75, 3.05) is 13.2 Å². The summed E-state index contributed by atoms with van der Waals surface area (Å²) in [5.74, 6) is 3.54. The topological polar surface area (TPSA) is 44.8 Å². The van der Waals surface area contributed by atoms with Crippen LogP contribution in [0.1, 0.15) is 88.4 Å². The summed E-state index contributed by atoms with van der Waals surface area (Å²) in [5.41, 5.74) is 0.494. The highest BCUT2D eigenvalue weighted by molar-refractivity contribution is 5.91. The van der Waals surface area contributed by atoms with E-state index < -0.39 is 0 Å². The zero-order valence-electron chi connectivity index (χ0n) is 20.4. The molecule has 0 spiro atoms. The maximum atomic E-state index is 12.3. The fourth-order valence-electron chi connectivity index (χ4n) is 4.68. The highest BCUT2D eigenvalue weighted by Crippen LogP contribution is 2.34. The standard InChI is InChI=1S/C29H40O4/c1-3-5-6-8-23-10-12-24(13-11-23)9-7-22-32-27-18-20-28(21-19-27)33-29(30)25-14-16-26(17-15-25)31-4-2/h14-21,23-24H,3-13,22H2,1-2H3/t23-,24-. The molecule has 2 aromatic rings. The maximum absolute atomic E-state index is 12.3. The van der Waals surface area contributed by atoms with E-state index in [0.29, 0.717) is 17.9 Å². The highest BCUT2D eigenvalue weighted by Gasteiger charge is 2.20. The van der Waals surface area contributed by atoms with E-state index in [1.807, 2.05) is 19.1 Å². The molecule has 0 aromatic heterocycles. The summed E-state index contributed by atoms with van der Waals surface area (Å²) in [4.78, 5) is 12.3. The van der Waals surface area contributed by atoms with Crippen molar-refractivity contribution in [3.05, 3.63) is 54.1 Å². The molecule has 2 aromatic carbocycles. The molecule has 0 heterocycles. The number of esters is 1. The minimum absolute atomic E-state index is 0.383. The number of unbranched alkanes of at least 4 members (excludes halogenated alkanes) is 2. The van der Waals surface area contributed by atoms with Crippen LogP contribution in [0.3, 0.4) is 0 Å². The van der Waals surface area contributed by atoms with Crippen LogP contribution >= 0.6 is 0 Å². The van der Waals surface area contributed by atoms with Crippen LogP contribution < -0.4 is 14.2 Å². The fourth-order valence-corrected chi connectivity index (χ4v) is 4.68. The third-order valence-corrected chi connectivity index (χ3v) is 6.64. The van der Waals surface area contributed by atoms with Crippen LogP contribution in [0.2, 0.25) is 0 Å². The van der Waals surface area contributed by atoms with Crippen molar-refractivity contribution < 1.29 is 19.0 Å². The predicted molar refractivity (Wildman–Crippen MR) is 133 cm³/mol. The second kappa shape index (κ2) is 13.9. The maximum Gasteiger partial charge on any atom is 0.343 e. The molecular formula is C29H40O4. The summed E-state index contributed by atoms with van der Waals surface area (Å²) in [6.45, 7) is 5.55. The molecule has 0 amide bonds. The summed E-state index contributed by atoms with van der Waals surface area (Å²) in [7, 11) is 0. The molecule has 33 heavy (non-hydrogen) atoms. The second-order valence-electron chi connectivity index (χ2n) is 9.19. The normalized spacial score (nSPS) is 18.0. The van der Waals surface area contributed by atoms with Crippen LogP contribution in [0.4, 0.5) is 0 Å². The van der Waals surface area contributed by atoms with E-state index in [9.17, 15) is 4.79 Å². The molecule has 180 valence electrons. The molecular weight excluding hydrogens is 412 g/mol. The number of hydrogen-bond donors (Lipinski definition) is 0. The molecule has 4 nitrogen and oxygen atoms in total. The minimum atomic E-state index is -0.383. The molecule has 0 saturated heterocycles. The monoisotopic (exact) mass is 452 g/mol. The van der Waals surface area contributed by atoms with E-state index in [4.69, 9.17) is 14.2 Å². The lowest BCUT2D eigenvalue weighted by Gasteiger charge is -2.28. The van der Waals surface area contributed by atoms with Gasteiger partial charge in [-0.3, -0.25) is 0 Å². The van der Waals surface area contributed by atoms with Crippen molar-refractivity contribution in [3.8, 4) is 17.2 Å². The Kier molecular flexibility index (Phi) is 10.6. The van der Waals surface area contributed by atoms with Crippen LogP contribution in [0.15, 0.2) is 48.5 Å². The molecule has 1 fully saturated rings. The highest BCUT2D eigenvalue weighted by atomic mass is 16.5. The number of carbonyl (C=O) groups excluding carboxylic acids is 1. The third kappa shape index (κ3) is 8.75. The van der Waals surface area contributed by atoms with E-state index in [1.54, 1.807) is 36.4 Å². The van der Waals surface area contributed by atoms with Crippen LogP contribution in [0, 0.1) is 11.8 Å². The average molecular weight is 453 g/mol. The Morgan fingerprint density at radius 2 is 1.27 bits per heavy atom. The first-order valence-electron chi connectivity index (χ1n) is 12.9. The Hall–Kier alpha value is -2.49. The van der Waals surface area contributed by atoms with Gasteiger partial charge in [-0.25, -0.2) is 4.79 Å². The van der Waals surface area contributed by atoms with Crippen molar-refractivity contribution in [3.63, 3.8) is 0 Å². The van der Waals surface area contributed by atoms with Crippen molar-refractivity contribution in [1.29, 1.82) is 0 Å². The fraction of sp³-hybridized carbons (Fsp3) is 0.552. The molecule has 4 heteroatoms. The van der Waals surface area contributed by atoms with Gasteiger partial charge in [0.1, 0.15) is 17.2 Å². The molecule has 0 aliphatic heterocycles. The Balaban J connectivity index is 1.32. The van der Waals surface area contributed by atoms with E-state index in [-0.39, 0.29) is 5.97 Å². The number of carbonyl (C=O) groups is 1. The van der Waals surface area contributed by atoms with Crippen molar-refractivity contribution in [2.24, 2.45) is 11.8 Å². The molecule has 0 N–H and O–H groups in total. The van der Waals surface area contributed by atoms with E-state index >= 15 is 0 Å². The van der Waals surface area contributed by atoms with Crippen LogP contribution in [-0.2, 0) is 0 Å². The Morgan fingerprint density at radius 1 is 0.727 bits per heavy atom. The summed E-state index contributed by atoms with van der Waals surface area (Å²) in [5, 5.41) is 0. The van der Waals surface area contributed by atoms with Gasteiger partial charge in [0.15, 0.2) is 0 Å². The van der Waals surface area contributed by atoms with Gasteiger partial charge in [0.05, 0.1) is 18.8 Å². The molecule has 1 aliphatic rings. The SMILES string of the molecule is CCCCC[C@H]1CC[C@H](CCCOc2ccc(OC(=O)c3ccc(OCC)cc3)cc2)CC1. The molecule has 0 unspecified atom stereocenters. The average Bonchev–Trinajstić information content (AvgIpc) is 2.84. The lowest BCUT2D eigenvalue weighted by molar-refractivity contribution is 0.0734. The molecule has 1 aliphatic carbocycles. The van der Waals surface area contributed by atoms with Gasteiger partial charge in [-0.2, -0.15) is 0 Å². The molecule has 1 saturated carbocycles. The van der Waals surface area contributed by atoms with Crippen molar-refractivity contribution in [2.45, 2.75) is 78.1 Å². The Morgan fingerprint density at radius 3 is 1.88 bits per heavy atom. The van der Waals surface area contributed by atoms with Crippen LogP contribution in [0.25, 0.3) is 0 Å². The van der Waals surface area contributed by atoms with E-state index in [1.165, 1.54) is 57.8 Å². The zero-order chi connectivity index (χ0) is 23.3. The summed E-state index contributed by atoms with van der Waals surface area (Å²) >= 11 is 0. The second-order valence-corrected chi connectivity index (χ2v) is 9.19. The molecule has 0 radical (unpaired) electrons. The van der Waals surface area contributed by atoms with E-state index in [0.717, 1.165) is 36.4 Å². The van der Waals surface area contributed by atoms with Gasteiger partial charge in [0, 0.05) is 0 Å². The van der Waals surface area contributed by atoms with Gasteiger partial charge in [-0.15, -0.1) is 0 Å². The first kappa shape index (κ1) is 25.1.